The molecule has 0 aliphatic rings. The Bertz CT molecular complexity index is 706. The van der Waals surface area contributed by atoms with Crippen LogP contribution in [0.3, 0.4) is 0 Å². The maximum Gasteiger partial charge on any atom is 0.322 e. The number of nitrogens with zero attached hydrogens (tertiary/aromatic N) is 1. The van der Waals surface area contributed by atoms with Gasteiger partial charge in [0.05, 0.1) is 19.9 Å². The molecule has 5 nitrogen and oxygen atoms in total. The van der Waals surface area contributed by atoms with E-state index in [1.807, 2.05) is 6.92 Å². The van der Waals surface area contributed by atoms with Crippen molar-refractivity contribution in [3.05, 3.63) is 53.8 Å². The van der Waals surface area contributed by atoms with Crippen molar-refractivity contribution in [2.24, 2.45) is 0 Å². The van der Waals surface area contributed by atoms with Gasteiger partial charge in [0.15, 0.2) is 0 Å². The summed E-state index contributed by atoms with van der Waals surface area (Å²) in [5.41, 5.74) is 1.24. The lowest BCUT2D eigenvalue weighted by molar-refractivity contribution is 0.212. The van der Waals surface area contributed by atoms with Crippen LogP contribution < -0.4 is 14.8 Å². The van der Waals surface area contributed by atoms with E-state index in [0.29, 0.717) is 30.3 Å². The minimum absolute atomic E-state index is 0.298. The third kappa shape index (κ3) is 4.38. The zero-order valence-electron chi connectivity index (χ0n) is 14.0. The van der Waals surface area contributed by atoms with Gasteiger partial charge in [-0.25, -0.2) is 9.18 Å². The second-order valence-electron chi connectivity index (χ2n) is 5.14. The molecule has 24 heavy (non-hydrogen) atoms. The number of rotatable bonds is 6. The van der Waals surface area contributed by atoms with Crippen molar-refractivity contribution < 1.29 is 18.7 Å². The third-order valence-electron chi connectivity index (χ3n) is 3.58. The number of carbonyl (C=O) groups is 1. The molecule has 2 aromatic carbocycles. The molecule has 0 atom stereocenters. The second-order valence-corrected chi connectivity index (χ2v) is 5.14. The fourth-order valence-corrected chi connectivity index (χ4v) is 2.29. The number of halogens is 1. The summed E-state index contributed by atoms with van der Waals surface area (Å²) in [5.74, 6) is 0.823. The number of benzene rings is 2. The standard InChI is InChI=1S/C18H21FN2O3/c1-4-21(12-13-6-5-7-14(19)10-13)18(22)20-16-11-15(23-2)8-9-17(16)24-3/h5-11H,4,12H2,1-3H3,(H,20,22). The summed E-state index contributed by atoms with van der Waals surface area (Å²) < 4.78 is 23.7. The molecule has 0 aliphatic heterocycles. The normalized spacial score (nSPS) is 10.2. The maximum absolute atomic E-state index is 13.3. The summed E-state index contributed by atoms with van der Waals surface area (Å²) >= 11 is 0. The molecule has 2 amide bonds. The first-order valence-corrected chi connectivity index (χ1v) is 7.59. The molecule has 0 heterocycles. The molecule has 2 aromatic rings. The summed E-state index contributed by atoms with van der Waals surface area (Å²) in [5, 5.41) is 2.81. The van der Waals surface area contributed by atoms with E-state index in [4.69, 9.17) is 9.47 Å². The average Bonchev–Trinajstić information content (AvgIpc) is 2.59. The van der Waals surface area contributed by atoms with Crippen molar-refractivity contribution in [2.75, 3.05) is 26.1 Å². The van der Waals surface area contributed by atoms with Crippen molar-refractivity contribution in [2.45, 2.75) is 13.5 Å². The van der Waals surface area contributed by atoms with Gasteiger partial charge >= 0.3 is 6.03 Å². The van der Waals surface area contributed by atoms with Crippen molar-refractivity contribution in [3.63, 3.8) is 0 Å². The van der Waals surface area contributed by atoms with E-state index in [9.17, 15) is 9.18 Å². The molecular formula is C18H21FN2O3. The van der Waals surface area contributed by atoms with Crippen LogP contribution in [-0.4, -0.2) is 31.7 Å². The number of methoxy groups -OCH3 is 2. The van der Waals surface area contributed by atoms with Crippen LogP contribution in [0.25, 0.3) is 0 Å². The SMILES string of the molecule is CCN(Cc1cccc(F)c1)C(=O)Nc1cc(OC)ccc1OC. The number of hydrogen-bond donors (Lipinski definition) is 1. The van der Waals surface area contributed by atoms with Gasteiger partial charge in [-0.3, -0.25) is 0 Å². The largest absolute Gasteiger partial charge is 0.497 e. The molecule has 0 aromatic heterocycles. The smallest absolute Gasteiger partial charge is 0.322 e. The summed E-state index contributed by atoms with van der Waals surface area (Å²) in [6, 6.07) is 11.1. The van der Waals surface area contributed by atoms with Crippen LogP contribution in [0.4, 0.5) is 14.9 Å². The van der Waals surface area contributed by atoms with Gasteiger partial charge < -0.3 is 19.7 Å². The van der Waals surface area contributed by atoms with Crippen molar-refractivity contribution in [3.8, 4) is 11.5 Å². The average molecular weight is 332 g/mol. The van der Waals surface area contributed by atoms with Gasteiger partial charge in [-0.05, 0) is 36.8 Å². The number of carbonyl (C=O) groups excluding carboxylic acids is 1. The van der Waals surface area contributed by atoms with Gasteiger partial charge in [0, 0.05) is 19.2 Å². The van der Waals surface area contributed by atoms with Crippen molar-refractivity contribution >= 4 is 11.7 Å². The van der Waals surface area contributed by atoms with Crippen LogP contribution >= 0.6 is 0 Å². The highest BCUT2D eigenvalue weighted by molar-refractivity contribution is 5.91. The van der Waals surface area contributed by atoms with Crippen molar-refractivity contribution in [1.82, 2.24) is 4.90 Å². The van der Waals surface area contributed by atoms with Crippen LogP contribution in [0.5, 0.6) is 11.5 Å². The van der Waals surface area contributed by atoms with E-state index >= 15 is 0 Å². The van der Waals surface area contributed by atoms with Crippen LogP contribution in [-0.2, 0) is 6.54 Å². The number of ether oxygens (including phenoxy) is 2. The van der Waals surface area contributed by atoms with Crippen molar-refractivity contribution in [1.29, 1.82) is 0 Å². The van der Waals surface area contributed by atoms with E-state index in [-0.39, 0.29) is 11.8 Å². The third-order valence-corrected chi connectivity index (χ3v) is 3.58. The summed E-state index contributed by atoms with van der Waals surface area (Å²) in [6.07, 6.45) is 0. The van der Waals surface area contributed by atoms with E-state index < -0.39 is 0 Å². The summed E-state index contributed by atoms with van der Waals surface area (Å²) in [6.45, 7) is 2.66. The zero-order chi connectivity index (χ0) is 17.5. The van der Waals surface area contributed by atoms with Gasteiger partial charge in [0.25, 0.3) is 0 Å². The highest BCUT2D eigenvalue weighted by atomic mass is 19.1. The van der Waals surface area contributed by atoms with Gasteiger partial charge in [-0.2, -0.15) is 0 Å². The Labute approximate surface area is 141 Å². The highest BCUT2D eigenvalue weighted by Crippen LogP contribution is 2.29. The van der Waals surface area contributed by atoms with Gasteiger partial charge in [-0.1, -0.05) is 12.1 Å². The Morgan fingerprint density at radius 1 is 1.17 bits per heavy atom. The van der Waals surface area contributed by atoms with Gasteiger partial charge in [0.1, 0.15) is 17.3 Å². The molecule has 0 aliphatic carbocycles. The van der Waals surface area contributed by atoms with Gasteiger partial charge in [0.2, 0.25) is 0 Å². The predicted octanol–water partition coefficient (Wildman–Crippen LogP) is 3.90. The number of nitrogens with one attached hydrogen (secondary N) is 1. The topological polar surface area (TPSA) is 50.8 Å². The Kier molecular flexibility index (Phi) is 6.01. The Balaban J connectivity index is 2.14. The quantitative estimate of drug-likeness (QED) is 0.873. The first kappa shape index (κ1) is 17.6. The lowest BCUT2D eigenvalue weighted by atomic mass is 10.2. The minimum atomic E-state index is -0.321. The Hall–Kier alpha value is -2.76. The molecule has 0 saturated heterocycles. The lowest BCUT2D eigenvalue weighted by Crippen LogP contribution is -2.34. The molecule has 0 bridgehead atoms. The maximum atomic E-state index is 13.3. The molecule has 1 N–H and O–H groups in total. The van der Waals surface area contributed by atoms with E-state index in [1.54, 1.807) is 42.3 Å². The molecular weight excluding hydrogens is 311 g/mol. The molecule has 2 rings (SSSR count). The fourth-order valence-electron chi connectivity index (χ4n) is 2.29. The lowest BCUT2D eigenvalue weighted by Gasteiger charge is -2.22. The summed E-state index contributed by atoms with van der Waals surface area (Å²) in [7, 11) is 3.08. The molecule has 6 heteroatoms. The molecule has 128 valence electrons. The first-order valence-electron chi connectivity index (χ1n) is 7.59. The predicted molar refractivity (Wildman–Crippen MR) is 91.0 cm³/mol. The van der Waals surface area contributed by atoms with Crippen LogP contribution in [0, 0.1) is 5.82 Å². The van der Waals surface area contributed by atoms with E-state index in [2.05, 4.69) is 5.32 Å². The van der Waals surface area contributed by atoms with E-state index in [1.165, 1.54) is 19.2 Å². The Morgan fingerprint density at radius 3 is 2.58 bits per heavy atom. The number of urea groups is 1. The van der Waals surface area contributed by atoms with Crippen LogP contribution in [0.15, 0.2) is 42.5 Å². The van der Waals surface area contributed by atoms with E-state index in [0.717, 1.165) is 5.56 Å². The zero-order valence-corrected chi connectivity index (χ0v) is 14.0. The molecule has 0 unspecified atom stereocenters. The molecule has 0 radical (unpaired) electrons. The number of hydrogen-bond acceptors (Lipinski definition) is 3. The minimum Gasteiger partial charge on any atom is -0.497 e. The first-order chi connectivity index (χ1) is 11.6. The molecule has 0 spiro atoms. The highest BCUT2D eigenvalue weighted by Gasteiger charge is 2.15. The van der Waals surface area contributed by atoms with Crippen LogP contribution in [0.1, 0.15) is 12.5 Å². The molecule has 0 saturated carbocycles. The number of anilines is 1. The van der Waals surface area contributed by atoms with Gasteiger partial charge in [-0.15, -0.1) is 0 Å². The second kappa shape index (κ2) is 8.19. The summed E-state index contributed by atoms with van der Waals surface area (Å²) in [4.78, 5) is 14.1. The van der Waals surface area contributed by atoms with Crippen LogP contribution in [0.2, 0.25) is 0 Å². The fraction of sp³-hybridized carbons (Fsp3) is 0.278. The monoisotopic (exact) mass is 332 g/mol. The Morgan fingerprint density at radius 2 is 1.96 bits per heavy atom. The molecule has 0 fully saturated rings. The number of amides is 2.